The average Bonchev–Trinajstić information content (AvgIpc) is 3.11. The van der Waals surface area contributed by atoms with E-state index in [9.17, 15) is 0 Å². The maximum Gasteiger partial charge on any atom is 0.0628 e. The molecule has 3 heteroatoms. The Morgan fingerprint density at radius 1 is 1.32 bits per heavy atom. The summed E-state index contributed by atoms with van der Waals surface area (Å²) < 4.78 is 2.21. The molecular formula is C16H29N3. The maximum absolute atomic E-state index is 4.71. The molecule has 0 aliphatic heterocycles. The van der Waals surface area contributed by atoms with Crippen molar-refractivity contribution in [3.05, 3.63) is 17.0 Å². The molecule has 0 radical (unpaired) electrons. The zero-order valence-corrected chi connectivity index (χ0v) is 13.0. The number of nitrogens with one attached hydrogen (secondary N) is 1. The van der Waals surface area contributed by atoms with E-state index >= 15 is 0 Å². The first-order chi connectivity index (χ1) is 9.08. The van der Waals surface area contributed by atoms with Crippen molar-refractivity contribution in [2.24, 2.45) is 5.92 Å². The molecule has 1 aliphatic rings. The van der Waals surface area contributed by atoms with Gasteiger partial charge < -0.3 is 5.32 Å². The van der Waals surface area contributed by atoms with Crippen molar-refractivity contribution >= 4 is 0 Å². The molecule has 19 heavy (non-hydrogen) atoms. The van der Waals surface area contributed by atoms with Gasteiger partial charge in [-0.1, -0.05) is 13.8 Å². The van der Waals surface area contributed by atoms with Crippen LogP contribution in [0.5, 0.6) is 0 Å². The minimum atomic E-state index is 0.791. The van der Waals surface area contributed by atoms with Crippen molar-refractivity contribution in [3.8, 4) is 0 Å². The molecule has 1 aromatic rings. The van der Waals surface area contributed by atoms with Crippen LogP contribution in [-0.2, 0) is 13.0 Å². The molecule has 1 heterocycles. The summed E-state index contributed by atoms with van der Waals surface area (Å²) in [5.41, 5.74) is 4.05. The van der Waals surface area contributed by atoms with E-state index in [1.54, 1.807) is 0 Å². The molecule has 1 N–H and O–H groups in total. The Bertz CT molecular complexity index is 402. The van der Waals surface area contributed by atoms with Gasteiger partial charge in [-0.25, -0.2) is 0 Å². The Morgan fingerprint density at radius 3 is 2.68 bits per heavy atom. The first-order valence-corrected chi connectivity index (χ1v) is 7.84. The lowest BCUT2D eigenvalue weighted by molar-refractivity contribution is 0.483. The number of hydrogen-bond donors (Lipinski definition) is 1. The van der Waals surface area contributed by atoms with Gasteiger partial charge in [0.2, 0.25) is 0 Å². The molecule has 108 valence electrons. The number of aromatic nitrogens is 2. The second kappa shape index (κ2) is 6.56. The zero-order valence-electron chi connectivity index (χ0n) is 13.0. The summed E-state index contributed by atoms with van der Waals surface area (Å²) in [6.45, 7) is 11.1. The van der Waals surface area contributed by atoms with Crippen molar-refractivity contribution in [2.45, 2.75) is 72.4 Å². The number of rotatable bonds is 8. The fourth-order valence-electron chi connectivity index (χ4n) is 2.65. The highest BCUT2D eigenvalue weighted by molar-refractivity contribution is 5.24. The first kappa shape index (κ1) is 14.6. The summed E-state index contributed by atoms with van der Waals surface area (Å²) in [4.78, 5) is 0. The standard InChI is InChI=1S/C16H29N3/c1-12(2)6-5-11-19-14(4)16(13(3)18-19)9-10-17-15-7-8-15/h12,15,17H,5-11H2,1-4H3. The van der Waals surface area contributed by atoms with Crippen LogP contribution in [0.4, 0.5) is 0 Å². The molecule has 1 saturated carbocycles. The molecule has 1 aromatic heterocycles. The largest absolute Gasteiger partial charge is 0.314 e. The number of hydrogen-bond acceptors (Lipinski definition) is 2. The minimum Gasteiger partial charge on any atom is -0.314 e. The zero-order chi connectivity index (χ0) is 13.8. The van der Waals surface area contributed by atoms with E-state index < -0.39 is 0 Å². The van der Waals surface area contributed by atoms with E-state index in [4.69, 9.17) is 5.10 Å². The highest BCUT2D eigenvalue weighted by Crippen LogP contribution is 2.19. The Hall–Kier alpha value is -0.830. The molecule has 1 fully saturated rings. The summed E-state index contributed by atoms with van der Waals surface area (Å²) in [5.74, 6) is 0.791. The Balaban J connectivity index is 1.85. The van der Waals surface area contributed by atoms with Crippen molar-refractivity contribution in [1.29, 1.82) is 0 Å². The summed E-state index contributed by atoms with van der Waals surface area (Å²) in [6.07, 6.45) is 6.38. The van der Waals surface area contributed by atoms with Crippen molar-refractivity contribution in [1.82, 2.24) is 15.1 Å². The van der Waals surface area contributed by atoms with Gasteiger partial charge in [0.1, 0.15) is 0 Å². The predicted octanol–water partition coefficient (Wildman–Crippen LogP) is 3.23. The summed E-state index contributed by atoms with van der Waals surface area (Å²) in [7, 11) is 0. The highest BCUT2D eigenvalue weighted by atomic mass is 15.3. The van der Waals surface area contributed by atoms with Crippen molar-refractivity contribution < 1.29 is 0 Å². The van der Waals surface area contributed by atoms with E-state index in [1.165, 1.54) is 42.6 Å². The van der Waals surface area contributed by atoms with E-state index in [2.05, 4.69) is 37.7 Å². The van der Waals surface area contributed by atoms with Gasteiger partial charge in [-0.05, 0) is 64.0 Å². The fraction of sp³-hybridized carbons (Fsp3) is 0.812. The average molecular weight is 263 g/mol. The summed E-state index contributed by atoms with van der Waals surface area (Å²) in [5, 5.41) is 8.30. The first-order valence-electron chi connectivity index (χ1n) is 7.84. The highest BCUT2D eigenvalue weighted by Gasteiger charge is 2.20. The smallest absolute Gasteiger partial charge is 0.0628 e. The van der Waals surface area contributed by atoms with Gasteiger partial charge in [-0.3, -0.25) is 4.68 Å². The lowest BCUT2D eigenvalue weighted by Gasteiger charge is -2.07. The van der Waals surface area contributed by atoms with E-state index in [0.717, 1.165) is 31.5 Å². The quantitative estimate of drug-likeness (QED) is 0.780. The van der Waals surface area contributed by atoms with Gasteiger partial charge in [0.15, 0.2) is 0 Å². The van der Waals surface area contributed by atoms with E-state index in [1.807, 2.05) is 0 Å². The number of aryl methyl sites for hydroxylation is 2. The summed E-state index contributed by atoms with van der Waals surface area (Å²) in [6, 6.07) is 0.807. The Kier molecular flexibility index (Phi) is 5.03. The third kappa shape index (κ3) is 4.34. The molecular weight excluding hydrogens is 234 g/mol. The summed E-state index contributed by atoms with van der Waals surface area (Å²) >= 11 is 0. The maximum atomic E-state index is 4.71. The SMILES string of the molecule is Cc1nn(CCCC(C)C)c(C)c1CCNC1CC1. The molecule has 2 rings (SSSR count). The lowest BCUT2D eigenvalue weighted by Crippen LogP contribution is -2.19. The van der Waals surface area contributed by atoms with Gasteiger partial charge in [0.25, 0.3) is 0 Å². The van der Waals surface area contributed by atoms with Crippen LogP contribution in [-0.4, -0.2) is 22.4 Å². The van der Waals surface area contributed by atoms with Crippen LogP contribution in [0.15, 0.2) is 0 Å². The van der Waals surface area contributed by atoms with Crippen molar-refractivity contribution in [2.75, 3.05) is 6.54 Å². The third-order valence-corrected chi connectivity index (χ3v) is 4.07. The molecule has 0 saturated heterocycles. The normalized spacial score (nSPS) is 15.4. The lowest BCUT2D eigenvalue weighted by atomic mass is 10.1. The van der Waals surface area contributed by atoms with Crippen LogP contribution in [0.3, 0.4) is 0 Å². The topological polar surface area (TPSA) is 29.9 Å². The van der Waals surface area contributed by atoms with Gasteiger partial charge in [0, 0.05) is 18.3 Å². The molecule has 1 aliphatic carbocycles. The van der Waals surface area contributed by atoms with Crippen LogP contribution in [0, 0.1) is 19.8 Å². The third-order valence-electron chi connectivity index (χ3n) is 4.07. The Morgan fingerprint density at radius 2 is 2.05 bits per heavy atom. The fourth-order valence-corrected chi connectivity index (χ4v) is 2.65. The predicted molar refractivity (Wildman–Crippen MR) is 80.5 cm³/mol. The van der Waals surface area contributed by atoms with Gasteiger partial charge in [-0.15, -0.1) is 0 Å². The second-order valence-corrected chi connectivity index (χ2v) is 6.39. The van der Waals surface area contributed by atoms with Crippen LogP contribution in [0.1, 0.15) is 56.5 Å². The van der Waals surface area contributed by atoms with E-state index in [0.29, 0.717) is 0 Å². The second-order valence-electron chi connectivity index (χ2n) is 6.39. The van der Waals surface area contributed by atoms with Gasteiger partial charge in [0.05, 0.1) is 5.69 Å². The number of nitrogens with zero attached hydrogens (tertiary/aromatic N) is 2. The van der Waals surface area contributed by atoms with Crippen LogP contribution in [0.25, 0.3) is 0 Å². The minimum absolute atomic E-state index is 0.791. The van der Waals surface area contributed by atoms with Crippen LogP contribution < -0.4 is 5.32 Å². The van der Waals surface area contributed by atoms with Gasteiger partial charge in [-0.2, -0.15) is 5.10 Å². The molecule has 0 atom stereocenters. The monoisotopic (exact) mass is 263 g/mol. The Labute approximate surface area is 117 Å². The van der Waals surface area contributed by atoms with Crippen LogP contribution in [0.2, 0.25) is 0 Å². The van der Waals surface area contributed by atoms with Crippen LogP contribution >= 0.6 is 0 Å². The molecule has 3 nitrogen and oxygen atoms in total. The molecule has 0 aromatic carbocycles. The van der Waals surface area contributed by atoms with Gasteiger partial charge >= 0.3 is 0 Å². The molecule has 0 amide bonds. The molecule has 0 spiro atoms. The molecule has 0 bridgehead atoms. The van der Waals surface area contributed by atoms with E-state index in [-0.39, 0.29) is 0 Å². The van der Waals surface area contributed by atoms with Crippen molar-refractivity contribution in [3.63, 3.8) is 0 Å². The molecule has 0 unspecified atom stereocenters.